The number of carbonyl (C=O) groups is 1. The molecule has 0 radical (unpaired) electrons. The number of Topliss-reactive ketones (excluding diaryl/α,β-unsaturated/α-hetero) is 1. The maximum absolute atomic E-state index is 13.4. The fourth-order valence-electron chi connectivity index (χ4n) is 1.90. The minimum Gasteiger partial charge on any atom is -0.485 e. The molecule has 0 aromatic heterocycles. The first-order chi connectivity index (χ1) is 9.47. The van der Waals surface area contributed by atoms with E-state index in [0.717, 1.165) is 23.3 Å². The lowest BCUT2D eigenvalue weighted by molar-refractivity contribution is 0.0917. The Bertz CT molecular complexity index is 651. The normalized spacial score (nSPS) is 10.4. The van der Waals surface area contributed by atoms with Gasteiger partial charge in [-0.15, -0.1) is 0 Å². The Kier molecular flexibility index (Phi) is 4.13. The molecule has 4 heteroatoms. The number of ketones is 1. The Hall–Kier alpha value is -2.23. The van der Waals surface area contributed by atoms with Gasteiger partial charge in [0.15, 0.2) is 6.61 Å². The number of ether oxygens (including phenoxy) is 1. The monoisotopic (exact) mass is 276 g/mol. The van der Waals surface area contributed by atoms with Crippen LogP contribution in [-0.2, 0) is 0 Å². The van der Waals surface area contributed by atoms with E-state index in [9.17, 15) is 13.6 Å². The van der Waals surface area contributed by atoms with Crippen molar-refractivity contribution in [2.45, 2.75) is 13.8 Å². The van der Waals surface area contributed by atoms with E-state index < -0.39 is 17.4 Å². The second-order valence-corrected chi connectivity index (χ2v) is 4.60. The van der Waals surface area contributed by atoms with Crippen LogP contribution in [0, 0.1) is 25.5 Å². The molecule has 104 valence electrons. The summed E-state index contributed by atoms with van der Waals surface area (Å²) in [6, 6.07) is 8.42. The van der Waals surface area contributed by atoms with Crippen molar-refractivity contribution in [3.63, 3.8) is 0 Å². The SMILES string of the molecule is Cc1ccc(OCC(=O)c2ccc(F)cc2F)c(C)c1. The third-order valence-electron chi connectivity index (χ3n) is 2.92. The van der Waals surface area contributed by atoms with E-state index in [2.05, 4.69) is 0 Å². The number of rotatable bonds is 4. The lowest BCUT2D eigenvalue weighted by Crippen LogP contribution is -2.13. The molecule has 0 fully saturated rings. The van der Waals surface area contributed by atoms with E-state index in [-0.39, 0.29) is 12.2 Å². The first kappa shape index (κ1) is 14.2. The average molecular weight is 276 g/mol. The van der Waals surface area contributed by atoms with Crippen molar-refractivity contribution in [2.75, 3.05) is 6.61 Å². The summed E-state index contributed by atoms with van der Waals surface area (Å²) in [5.41, 5.74) is 1.82. The van der Waals surface area contributed by atoms with E-state index in [1.165, 1.54) is 0 Å². The zero-order valence-electron chi connectivity index (χ0n) is 11.2. The molecule has 20 heavy (non-hydrogen) atoms. The quantitative estimate of drug-likeness (QED) is 0.793. The highest BCUT2D eigenvalue weighted by Gasteiger charge is 2.13. The molecule has 0 aliphatic heterocycles. The number of halogens is 2. The fraction of sp³-hybridized carbons (Fsp3) is 0.188. The van der Waals surface area contributed by atoms with E-state index in [1.807, 2.05) is 26.0 Å². The van der Waals surface area contributed by atoms with E-state index in [1.54, 1.807) is 6.07 Å². The fourth-order valence-corrected chi connectivity index (χ4v) is 1.90. The highest BCUT2D eigenvalue weighted by molar-refractivity contribution is 5.97. The number of carbonyl (C=O) groups excluding carboxylic acids is 1. The molecule has 0 spiro atoms. The van der Waals surface area contributed by atoms with Crippen LogP contribution in [0.4, 0.5) is 8.78 Å². The van der Waals surface area contributed by atoms with Crippen molar-refractivity contribution >= 4 is 5.78 Å². The zero-order valence-corrected chi connectivity index (χ0v) is 11.2. The summed E-state index contributed by atoms with van der Waals surface area (Å²) in [4.78, 5) is 11.8. The summed E-state index contributed by atoms with van der Waals surface area (Å²) in [5.74, 6) is -1.54. The average Bonchev–Trinajstić information content (AvgIpc) is 2.37. The van der Waals surface area contributed by atoms with Crippen molar-refractivity contribution in [2.24, 2.45) is 0 Å². The zero-order chi connectivity index (χ0) is 14.7. The van der Waals surface area contributed by atoms with Crippen LogP contribution in [0.25, 0.3) is 0 Å². The summed E-state index contributed by atoms with van der Waals surface area (Å²) in [5, 5.41) is 0. The van der Waals surface area contributed by atoms with Crippen LogP contribution in [0.1, 0.15) is 21.5 Å². The third-order valence-corrected chi connectivity index (χ3v) is 2.92. The van der Waals surface area contributed by atoms with Gasteiger partial charge in [0, 0.05) is 6.07 Å². The molecule has 0 N–H and O–H groups in total. The number of benzene rings is 2. The minimum atomic E-state index is -0.876. The number of hydrogen-bond acceptors (Lipinski definition) is 2. The van der Waals surface area contributed by atoms with Crippen LogP contribution in [0.3, 0.4) is 0 Å². The maximum Gasteiger partial charge on any atom is 0.203 e. The molecule has 0 unspecified atom stereocenters. The third kappa shape index (κ3) is 3.20. The summed E-state index contributed by atoms with van der Waals surface area (Å²) < 4.78 is 31.6. The van der Waals surface area contributed by atoms with Gasteiger partial charge < -0.3 is 4.74 Å². The van der Waals surface area contributed by atoms with Gasteiger partial charge in [-0.1, -0.05) is 17.7 Å². The van der Waals surface area contributed by atoms with Crippen molar-refractivity contribution in [1.29, 1.82) is 0 Å². The summed E-state index contributed by atoms with van der Waals surface area (Å²) in [6.45, 7) is 3.54. The lowest BCUT2D eigenvalue weighted by Gasteiger charge is -2.09. The molecule has 2 aromatic carbocycles. The Morgan fingerprint density at radius 3 is 2.50 bits per heavy atom. The molecule has 0 bridgehead atoms. The topological polar surface area (TPSA) is 26.3 Å². The van der Waals surface area contributed by atoms with Gasteiger partial charge in [-0.25, -0.2) is 8.78 Å². The Balaban J connectivity index is 2.08. The number of aryl methyl sites for hydroxylation is 2. The highest BCUT2D eigenvalue weighted by atomic mass is 19.1. The molecule has 2 nitrogen and oxygen atoms in total. The van der Waals surface area contributed by atoms with E-state index in [4.69, 9.17) is 4.74 Å². The van der Waals surface area contributed by atoms with Crippen LogP contribution in [0.2, 0.25) is 0 Å². The van der Waals surface area contributed by atoms with Crippen molar-refractivity contribution in [3.05, 3.63) is 64.7 Å². The van der Waals surface area contributed by atoms with Crippen molar-refractivity contribution < 1.29 is 18.3 Å². The molecule has 0 aliphatic carbocycles. The molecular weight excluding hydrogens is 262 g/mol. The van der Waals surface area contributed by atoms with Crippen LogP contribution in [0.15, 0.2) is 36.4 Å². The van der Waals surface area contributed by atoms with Gasteiger partial charge in [0.25, 0.3) is 0 Å². The summed E-state index contributed by atoms with van der Waals surface area (Å²) in [6.07, 6.45) is 0. The Labute approximate surface area is 116 Å². The van der Waals surface area contributed by atoms with E-state index >= 15 is 0 Å². The standard InChI is InChI=1S/C16H14F2O2/c1-10-3-6-16(11(2)7-10)20-9-15(19)13-5-4-12(17)8-14(13)18/h3-8H,9H2,1-2H3. The highest BCUT2D eigenvalue weighted by Crippen LogP contribution is 2.19. The molecule has 0 aliphatic rings. The molecule has 0 saturated heterocycles. The molecule has 2 aromatic rings. The lowest BCUT2D eigenvalue weighted by atomic mass is 10.1. The van der Waals surface area contributed by atoms with Gasteiger partial charge in [-0.3, -0.25) is 4.79 Å². The van der Waals surface area contributed by atoms with Crippen molar-refractivity contribution in [3.8, 4) is 5.75 Å². The van der Waals surface area contributed by atoms with Gasteiger partial charge in [0.2, 0.25) is 5.78 Å². The Morgan fingerprint density at radius 2 is 1.85 bits per heavy atom. The minimum absolute atomic E-state index is 0.170. The molecular formula is C16H14F2O2. The Morgan fingerprint density at radius 1 is 1.10 bits per heavy atom. The second-order valence-electron chi connectivity index (χ2n) is 4.60. The smallest absolute Gasteiger partial charge is 0.203 e. The van der Waals surface area contributed by atoms with Crippen LogP contribution in [-0.4, -0.2) is 12.4 Å². The number of hydrogen-bond donors (Lipinski definition) is 0. The second kappa shape index (κ2) is 5.82. The maximum atomic E-state index is 13.4. The largest absolute Gasteiger partial charge is 0.485 e. The van der Waals surface area contributed by atoms with Gasteiger partial charge in [0.05, 0.1) is 5.56 Å². The molecule has 0 amide bonds. The van der Waals surface area contributed by atoms with E-state index in [0.29, 0.717) is 11.8 Å². The summed E-state index contributed by atoms with van der Waals surface area (Å²) >= 11 is 0. The van der Waals surface area contributed by atoms with Crippen molar-refractivity contribution in [1.82, 2.24) is 0 Å². The molecule has 0 heterocycles. The van der Waals surface area contributed by atoms with Gasteiger partial charge in [-0.2, -0.15) is 0 Å². The first-order valence-electron chi connectivity index (χ1n) is 6.15. The van der Waals surface area contributed by atoms with Gasteiger partial charge in [0.1, 0.15) is 17.4 Å². The molecule has 2 rings (SSSR count). The predicted octanol–water partition coefficient (Wildman–Crippen LogP) is 3.84. The van der Waals surface area contributed by atoms with Crippen LogP contribution >= 0.6 is 0 Å². The predicted molar refractivity (Wildman–Crippen MR) is 72.1 cm³/mol. The van der Waals surface area contributed by atoms with Crippen LogP contribution < -0.4 is 4.74 Å². The van der Waals surface area contributed by atoms with Crippen LogP contribution in [0.5, 0.6) is 5.75 Å². The summed E-state index contributed by atoms with van der Waals surface area (Å²) in [7, 11) is 0. The van der Waals surface area contributed by atoms with Gasteiger partial charge in [-0.05, 0) is 37.6 Å². The molecule has 0 atom stereocenters. The first-order valence-corrected chi connectivity index (χ1v) is 6.15. The molecule has 0 saturated carbocycles. The van der Waals surface area contributed by atoms with Gasteiger partial charge >= 0.3 is 0 Å².